The fourth-order valence-corrected chi connectivity index (χ4v) is 2.80. The van der Waals surface area contributed by atoms with E-state index in [1.165, 1.54) is 12.1 Å². The third kappa shape index (κ3) is 3.05. The van der Waals surface area contributed by atoms with Crippen molar-refractivity contribution in [3.8, 4) is 0 Å². The fourth-order valence-electron chi connectivity index (χ4n) is 2.80. The Balaban J connectivity index is 1.77. The van der Waals surface area contributed by atoms with E-state index in [-0.39, 0.29) is 23.4 Å². The molecule has 0 radical (unpaired) electrons. The molecule has 21 heavy (non-hydrogen) atoms. The first-order chi connectivity index (χ1) is 10.1. The van der Waals surface area contributed by atoms with Crippen molar-refractivity contribution in [2.45, 2.75) is 25.7 Å². The number of hydrogen-bond donors (Lipinski definition) is 3. The molecule has 3 rings (SSSR count). The van der Waals surface area contributed by atoms with Crippen LogP contribution in [0, 0.1) is 11.7 Å². The molecule has 3 N–H and O–H groups in total. The average Bonchev–Trinajstić information content (AvgIpc) is 2.49. The van der Waals surface area contributed by atoms with Crippen molar-refractivity contribution in [2.75, 3.05) is 23.7 Å². The van der Waals surface area contributed by atoms with Crippen molar-refractivity contribution in [3.05, 3.63) is 23.5 Å². The Labute approximate surface area is 122 Å². The van der Waals surface area contributed by atoms with Crippen molar-refractivity contribution < 1.29 is 14.0 Å². The van der Waals surface area contributed by atoms with E-state index in [9.17, 15) is 14.0 Å². The maximum Gasteiger partial charge on any atom is 0.228 e. The number of amides is 2. The minimum Gasteiger partial charge on any atom is -0.326 e. The molecule has 1 aromatic carbocycles. The first-order valence-corrected chi connectivity index (χ1v) is 7.27. The van der Waals surface area contributed by atoms with Gasteiger partial charge in [0.25, 0.3) is 0 Å². The van der Waals surface area contributed by atoms with Crippen LogP contribution in [-0.2, 0) is 16.0 Å². The van der Waals surface area contributed by atoms with Gasteiger partial charge in [-0.2, -0.15) is 0 Å². The van der Waals surface area contributed by atoms with E-state index >= 15 is 0 Å². The molecule has 112 valence electrons. The Morgan fingerprint density at radius 1 is 1.33 bits per heavy atom. The minimum absolute atomic E-state index is 0.0807. The lowest BCUT2D eigenvalue weighted by molar-refractivity contribution is -0.120. The van der Waals surface area contributed by atoms with Gasteiger partial charge in [0.05, 0.1) is 11.6 Å². The number of halogens is 1. The molecular formula is C15H18FN3O2. The second-order valence-corrected chi connectivity index (χ2v) is 5.57. The molecule has 1 saturated heterocycles. The zero-order chi connectivity index (χ0) is 14.8. The molecule has 0 spiro atoms. The minimum atomic E-state index is -0.456. The first-order valence-electron chi connectivity index (χ1n) is 7.27. The molecule has 1 aromatic rings. The van der Waals surface area contributed by atoms with Gasteiger partial charge in [0.2, 0.25) is 11.8 Å². The van der Waals surface area contributed by atoms with Gasteiger partial charge in [0.15, 0.2) is 0 Å². The summed E-state index contributed by atoms with van der Waals surface area (Å²) in [5.41, 5.74) is 1.49. The predicted molar refractivity (Wildman–Crippen MR) is 77.6 cm³/mol. The van der Waals surface area contributed by atoms with Crippen molar-refractivity contribution in [2.24, 2.45) is 5.92 Å². The van der Waals surface area contributed by atoms with Crippen LogP contribution in [0.3, 0.4) is 0 Å². The molecule has 0 aromatic heterocycles. The quantitative estimate of drug-likeness (QED) is 0.776. The highest BCUT2D eigenvalue weighted by Crippen LogP contribution is 2.29. The summed E-state index contributed by atoms with van der Waals surface area (Å²) in [5.74, 6) is -0.850. The molecule has 2 aliphatic heterocycles. The highest BCUT2D eigenvalue weighted by atomic mass is 19.1. The second kappa shape index (κ2) is 5.81. The molecule has 0 bridgehead atoms. The van der Waals surface area contributed by atoms with E-state index in [1.807, 2.05) is 0 Å². The first kappa shape index (κ1) is 14.0. The van der Waals surface area contributed by atoms with Crippen LogP contribution in [0.2, 0.25) is 0 Å². The summed E-state index contributed by atoms with van der Waals surface area (Å²) >= 11 is 0. The molecule has 1 fully saturated rings. The summed E-state index contributed by atoms with van der Waals surface area (Å²) < 4.78 is 14.1. The molecule has 5 nitrogen and oxygen atoms in total. The van der Waals surface area contributed by atoms with E-state index in [0.717, 1.165) is 24.9 Å². The van der Waals surface area contributed by atoms with E-state index in [2.05, 4.69) is 16.0 Å². The van der Waals surface area contributed by atoms with Gasteiger partial charge < -0.3 is 16.0 Å². The van der Waals surface area contributed by atoms with Crippen molar-refractivity contribution in [1.29, 1.82) is 0 Å². The van der Waals surface area contributed by atoms with Gasteiger partial charge in [-0.3, -0.25) is 9.59 Å². The summed E-state index contributed by atoms with van der Waals surface area (Å²) in [6.07, 6.45) is 2.65. The van der Waals surface area contributed by atoms with E-state index in [1.54, 1.807) is 0 Å². The number of anilines is 2. The Hall–Kier alpha value is -1.95. The zero-order valence-corrected chi connectivity index (χ0v) is 11.7. The highest BCUT2D eigenvalue weighted by molar-refractivity contribution is 5.97. The molecule has 2 heterocycles. The molecule has 1 atom stereocenters. The normalized spacial score (nSPS) is 21.4. The Morgan fingerprint density at radius 3 is 2.95 bits per heavy atom. The second-order valence-electron chi connectivity index (χ2n) is 5.57. The number of rotatable bonds is 2. The molecule has 0 unspecified atom stereocenters. The van der Waals surface area contributed by atoms with Crippen LogP contribution in [0.25, 0.3) is 0 Å². The van der Waals surface area contributed by atoms with Gasteiger partial charge in [0, 0.05) is 18.7 Å². The average molecular weight is 291 g/mol. The van der Waals surface area contributed by atoms with Gasteiger partial charge in [-0.15, -0.1) is 0 Å². The maximum atomic E-state index is 14.1. The summed E-state index contributed by atoms with van der Waals surface area (Å²) in [4.78, 5) is 23.5. The van der Waals surface area contributed by atoms with Crippen LogP contribution in [0.5, 0.6) is 0 Å². The van der Waals surface area contributed by atoms with Crippen LogP contribution in [0.15, 0.2) is 12.1 Å². The molecule has 0 saturated carbocycles. The van der Waals surface area contributed by atoms with Crippen LogP contribution in [0.4, 0.5) is 15.8 Å². The number of benzene rings is 1. The van der Waals surface area contributed by atoms with E-state index in [4.69, 9.17) is 0 Å². The highest BCUT2D eigenvalue weighted by Gasteiger charge is 2.23. The standard InChI is InChI=1S/C15H18FN3O2/c16-11-6-9-3-4-14(20)18-12(9)7-13(11)19-15(21)10-2-1-5-17-8-10/h6-7,10,17H,1-5,8H2,(H,18,20)(H,19,21)/t10-/m1/s1. The smallest absolute Gasteiger partial charge is 0.228 e. The lowest BCUT2D eigenvalue weighted by Crippen LogP contribution is -2.37. The van der Waals surface area contributed by atoms with Gasteiger partial charge in [-0.05, 0) is 43.5 Å². The van der Waals surface area contributed by atoms with Gasteiger partial charge >= 0.3 is 0 Å². The Kier molecular flexibility index (Phi) is 3.88. The largest absolute Gasteiger partial charge is 0.326 e. The predicted octanol–water partition coefficient (Wildman–Crippen LogP) is 1.65. The number of piperidine rings is 1. The van der Waals surface area contributed by atoms with Crippen LogP contribution in [0.1, 0.15) is 24.8 Å². The number of nitrogens with one attached hydrogen (secondary N) is 3. The summed E-state index contributed by atoms with van der Waals surface area (Å²) in [7, 11) is 0. The van der Waals surface area contributed by atoms with E-state index in [0.29, 0.717) is 25.1 Å². The molecule has 2 amide bonds. The lowest BCUT2D eigenvalue weighted by atomic mass is 9.98. The van der Waals surface area contributed by atoms with Gasteiger partial charge in [0.1, 0.15) is 5.82 Å². The summed E-state index contributed by atoms with van der Waals surface area (Å²) in [6.45, 7) is 1.54. The van der Waals surface area contributed by atoms with Gasteiger partial charge in [-0.1, -0.05) is 0 Å². The molecule has 0 aliphatic carbocycles. The van der Waals surface area contributed by atoms with Crippen LogP contribution < -0.4 is 16.0 Å². The third-order valence-corrected chi connectivity index (χ3v) is 4.01. The number of fused-ring (bicyclic) bond motifs is 1. The summed E-state index contributed by atoms with van der Waals surface area (Å²) in [6, 6.07) is 2.90. The monoisotopic (exact) mass is 291 g/mol. The third-order valence-electron chi connectivity index (χ3n) is 4.01. The van der Waals surface area contributed by atoms with Crippen molar-refractivity contribution in [3.63, 3.8) is 0 Å². The lowest BCUT2D eigenvalue weighted by Gasteiger charge is -2.23. The molecular weight excluding hydrogens is 273 g/mol. The number of carbonyl (C=O) groups excluding carboxylic acids is 2. The van der Waals surface area contributed by atoms with Crippen molar-refractivity contribution in [1.82, 2.24) is 5.32 Å². The Bertz CT molecular complexity index is 583. The molecule has 6 heteroatoms. The summed E-state index contributed by atoms with van der Waals surface area (Å²) in [5, 5.41) is 8.51. The van der Waals surface area contributed by atoms with Crippen LogP contribution in [-0.4, -0.2) is 24.9 Å². The van der Waals surface area contributed by atoms with E-state index < -0.39 is 5.82 Å². The topological polar surface area (TPSA) is 70.2 Å². The van der Waals surface area contributed by atoms with Crippen molar-refractivity contribution >= 4 is 23.2 Å². The maximum absolute atomic E-state index is 14.1. The fraction of sp³-hybridized carbons (Fsp3) is 0.467. The number of aryl methyl sites for hydroxylation is 1. The number of hydrogen-bond acceptors (Lipinski definition) is 3. The Morgan fingerprint density at radius 2 is 2.19 bits per heavy atom. The number of carbonyl (C=O) groups is 2. The van der Waals surface area contributed by atoms with Gasteiger partial charge in [-0.25, -0.2) is 4.39 Å². The SMILES string of the molecule is O=C1CCc2cc(F)c(NC(=O)[C@@H]3CCCNC3)cc2N1. The molecule has 2 aliphatic rings. The van der Waals surface area contributed by atoms with Crippen LogP contribution >= 0.6 is 0 Å². The zero-order valence-electron chi connectivity index (χ0n) is 11.7.